The van der Waals surface area contributed by atoms with Gasteiger partial charge in [0.1, 0.15) is 5.76 Å². The third-order valence-electron chi connectivity index (χ3n) is 1.82. The molecule has 0 aliphatic carbocycles. The molecule has 0 radical (unpaired) electrons. The number of hydrogen-bond donors (Lipinski definition) is 1. The second-order valence-corrected chi connectivity index (χ2v) is 8.76. The first-order valence-corrected chi connectivity index (χ1v) is 9.88. The van der Waals surface area contributed by atoms with Crippen LogP contribution in [0.4, 0.5) is 0 Å². The fourth-order valence-corrected chi connectivity index (χ4v) is 3.64. The molecule has 0 aliphatic rings. The lowest BCUT2D eigenvalue weighted by atomic mass is 10.4. The van der Waals surface area contributed by atoms with Crippen molar-refractivity contribution in [3.05, 3.63) is 11.8 Å². The van der Waals surface area contributed by atoms with E-state index in [0.29, 0.717) is 17.1 Å². The van der Waals surface area contributed by atoms with Gasteiger partial charge in [0.05, 0.1) is 12.2 Å². The molecular weight excluding hydrogens is 303 g/mol. The van der Waals surface area contributed by atoms with E-state index < -0.39 is 12.4 Å². The van der Waals surface area contributed by atoms with Crippen molar-refractivity contribution in [1.29, 1.82) is 0 Å². The van der Waals surface area contributed by atoms with Crippen molar-refractivity contribution in [2.45, 2.75) is 33.8 Å². The monoisotopic (exact) mass is 324 g/mol. The van der Waals surface area contributed by atoms with Crippen LogP contribution in [-0.4, -0.2) is 29.7 Å². The second kappa shape index (κ2) is 8.61. The first-order valence-electron chi connectivity index (χ1n) is 5.79. The Labute approximate surface area is 124 Å². The van der Waals surface area contributed by atoms with Crippen molar-refractivity contribution in [2.24, 2.45) is 10.5 Å². The van der Waals surface area contributed by atoms with Crippen LogP contribution in [0.5, 0.6) is 0 Å². The van der Waals surface area contributed by atoms with Crippen molar-refractivity contribution >= 4 is 41.1 Å². The van der Waals surface area contributed by atoms with E-state index in [4.69, 9.17) is 26.8 Å². The minimum absolute atomic E-state index is 0.170. The van der Waals surface area contributed by atoms with E-state index in [-0.39, 0.29) is 6.10 Å². The van der Waals surface area contributed by atoms with Gasteiger partial charge < -0.3 is 15.0 Å². The summed E-state index contributed by atoms with van der Waals surface area (Å²) in [6.07, 6.45) is 1.07. The molecule has 2 N–H and O–H groups in total. The van der Waals surface area contributed by atoms with Crippen LogP contribution in [0.25, 0.3) is 0 Å². The van der Waals surface area contributed by atoms with E-state index in [1.165, 1.54) is 17.8 Å². The van der Waals surface area contributed by atoms with Gasteiger partial charge in [-0.3, -0.25) is 0 Å². The molecule has 0 aromatic carbocycles. The van der Waals surface area contributed by atoms with E-state index in [1.807, 2.05) is 13.2 Å². The zero-order valence-electron chi connectivity index (χ0n) is 11.9. The fraction of sp³-hybridized carbons (Fsp3) is 0.636. The van der Waals surface area contributed by atoms with Gasteiger partial charge in [0, 0.05) is 6.16 Å². The lowest BCUT2D eigenvalue weighted by Crippen LogP contribution is -2.09. The number of nitrogens with two attached hydrogens (primary N) is 1. The summed E-state index contributed by atoms with van der Waals surface area (Å²) >= 11 is 6.69. The molecule has 110 valence electrons. The maximum atomic E-state index is 11.5. The van der Waals surface area contributed by atoms with Crippen LogP contribution in [0.15, 0.2) is 16.6 Å². The van der Waals surface area contributed by atoms with E-state index in [0.717, 1.165) is 0 Å². The summed E-state index contributed by atoms with van der Waals surface area (Å²) in [6.45, 7) is 7.10. The lowest BCUT2D eigenvalue weighted by molar-refractivity contribution is -0.141. The molecule has 0 aromatic rings. The Morgan fingerprint density at radius 3 is 2.58 bits per heavy atom. The lowest BCUT2D eigenvalue weighted by Gasteiger charge is -2.18. The van der Waals surface area contributed by atoms with Crippen LogP contribution in [0.1, 0.15) is 27.7 Å². The molecule has 19 heavy (non-hydrogen) atoms. The molecule has 5 nitrogen and oxygen atoms in total. The Balaban J connectivity index is 4.85. The first kappa shape index (κ1) is 18.5. The summed E-state index contributed by atoms with van der Waals surface area (Å²) < 4.78 is 14.8. The third kappa shape index (κ3) is 8.29. The van der Waals surface area contributed by atoms with Crippen LogP contribution in [-0.2, 0) is 25.9 Å². The highest BCUT2D eigenvalue weighted by Crippen LogP contribution is 2.50. The maximum absolute atomic E-state index is 11.5. The van der Waals surface area contributed by atoms with E-state index >= 15 is 0 Å². The smallest absolute Gasteiger partial charge is 0.334 e. The quantitative estimate of drug-likeness (QED) is 0.202. The standard InChI is InChI=1S/C11H21N2O3PS2/c1-6-17(18,13-11(12)19-5)16-9(4)7-10(14)15-8(2)3/h7-8H,6H2,1-5H3,(H2,12,13,18). The van der Waals surface area contributed by atoms with Crippen molar-refractivity contribution in [3.8, 4) is 0 Å². The zero-order valence-corrected chi connectivity index (χ0v) is 14.4. The van der Waals surface area contributed by atoms with Gasteiger partial charge in [-0.15, -0.1) is 0 Å². The van der Waals surface area contributed by atoms with Crippen LogP contribution in [0, 0.1) is 0 Å². The number of esters is 1. The highest BCUT2D eigenvalue weighted by atomic mass is 32.4. The topological polar surface area (TPSA) is 73.9 Å². The summed E-state index contributed by atoms with van der Waals surface area (Å²) in [5.41, 5.74) is 5.66. The molecular formula is C11H21N2O3PS2. The molecule has 0 fully saturated rings. The highest BCUT2D eigenvalue weighted by molar-refractivity contribution is 8.15. The van der Waals surface area contributed by atoms with Crippen LogP contribution in [0.3, 0.4) is 0 Å². The van der Waals surface area contributed by atoms with E-state index in [2.05, 4.69) is 4.76 Å². The fourth-order valence-electron chi connectivity index (χ4n) is 1.03. The summed E-state index contributed by atoms with van der Waals surface area (Å²) in [5.74, 6) is -0.0551. The van der Waals surface area contributed by atoms with Crippen molar-refractivity contribution < 1.29 is 14.1 Å². The Hall–Kier alpha value is -0.520. The normalized spacial score (nSPS) is 16.1. The van der Waals surface area contributed by atoms with Gasteiger partial charge in [-0.2, -0.15) is 4.76 Å². The van der Waals surface area contributed by atoms with Gasteiger partial charge >= 0.3 is 5.97 Å². The van der Waals surface area contributed by atoms with E-state index in [1.54, 1.807) is 20.8 Å². The Morgan fingerprint density at radius 1 is 1.58 bits per heavy atom. The summed E-state index contributed by atoms with van der Waals surface area (Å²) in [5, 5.41) is 0.391. The van der Waals surface area contributed by atoms with Crippen molar-refractivity contribution in [3.63, 3.8) is 0 Å². The second-order valence-electron chi connectivity index (χ2n) is 3.93. The molecule has 0 saturated heterocycles. The summed E-state index contributed by atoms with van der Waals surface area (Å²) in [4.78, 5) is 11.5. The predicted molar refractivity (Wildman–Crippen MR) is 86.0 cm³/mol. The average molecular weight is 324 g/mol. The summed E-state index contributed by atoms with van der Waals surface area (Å²) in [7, 11) is 0. The van der Waals surface area contributed by atoms with Gasteiger partial charge in [-0.1, -0.05) is 18.7 Å². The molecule has 1 atom stereocenters. The molecule has 0 saturated carbocycles. The van der Waals surface area contributed by atoms with Gasteiger partial charge in [0.2, 0.25) is 6.42 Å². The number of thioether (sulfide) groups is 1. The molecule has 0 aromatic heterocycles. The highest BCUT2D eigenvalue weighted by Gasteiger charge is 2.17. The minimum Gasteiger partial charge on any atom is -0.460 e. The van der Waals surface area contributed by atoms with E-state index in [9.17, 15) is 4.79 Å². The molecule has 0 aliphatic heterocycles. The van der Waals surface area contributed by atoms with Gasteiger partial charge in [0.15, 0.2) is 5.17 Å². The Kier molecular flexibility index (Phi) is 8.38. The molecule has 0 amide bonds. The number of rotatable bonds is 6. The van der Waals surface area contributed by atoms with Crippen LogP contribution >= 0.6 is 18.2 Å². The number of carbonyl (C=O) groups excluding carboxylic acids is 1. The third-order valence-corrected chi connectivity index (χ3v) is 5.60. The SMILES string of the molecule is CCP(=S)(N=C(N)SC)OC(C)=CC(=O)OC(C)C. The van der Waals surface area contributed by atoms with Gasteiger partial charge in [-0.05, 0) is 38.8 Å². The number of carbonyl (C=O) groups is 1. The van der Waals surface area contributed by atoms with Crippen LogP contribution < -0.4 is 5.73 Å². The van der Waals surface area contributed by atoms with Crippen molar-refractivity contribution in [2.75, 3.05) is 12.4 Å². The summed E-state index contributed by atoms with van der Waals surface area (Å²) in [6, 6.07) is 0. The van der Waals surface area contributed by atoms with Gasteiger partial charge in [0.25, 0.3) is 0 Å². The first-order chi connectivity index (χ1) is 8.72. The minimum atomic E-state index is -2.42. The largest absolute Gasteiger partial charge is 0.460 e. The Bertz CT molecular complexity index is 422. The molecule has 1 unspecified atom stereocenters. The number of ether oxygens (including phenoxy) is 1. The van der Waals surface area contributed by atoms with Crippen LogP contribution in [0.2, 0.25) is 0 Å². The average Bonchev–Trinajstić information content (AvgIpc) is 2.26. The van der Waals surface area contributed by atoms with Gasteiger partial charge in [-0.25, -0.2) is 4.79 Å². The number of nitrogens with zero attached hydrogens (tertiary/aromatic N) is 1. The molecule has 0 rings (SSSR count). The zero-order chi connectivity index (χ0) is 15.1. The molecule has 0 heterocycles. The Morgan fingerprint density at radius 2 is 2.16 bits per heavy atom. The number of amidine groups is 1. The number of hydrogen-bond acceptors (Lipinski definition) is 5. The van der Waals surface area contributed by atoms with Crippen molar-refractivity contribution in [1.82, 2.24) is 0 Å². The maximum Gasteiger partial charge on any atom is 0.334 e. The molecule has 8 heteroatoms. The predicted octanol–water partition coefficient (Wildman–Crippen LogP) is 2.87. The molecule has 0 bridgehead atoms. The number of allylic oxidation sites excluding steroid dienone is 1. The molecule has 0 spiro atoms.